The highest BCUT2D eigenvalue weighted by Gasteiger charge is 2.10. The Bertz CT molecular complexity index is 710. The molecule has 0 saturated carbocycles. The lowest BCUT2D eigenvalue weighted by atomic mass is 10.2. The molecule has 0 radical (unpaired) electrons. The Morgan fingerprint density at radius 3 is 1.95 bits per heavy atom. The molecule has 0 amide bonds. The van der Waals surface area contributed by atoms with E-state index in [1.165, 1.54) is 0 Å². The number of hydrogen-bond acceptors (Lipinski definition) is 2. The van der Waals surface area contributed by atoms with Gasteiger partial charge in [-0.2, -0.15) is 0 Å². The maximum absolute atomic E-state index is 5.93. The fourth-order valence-electron chi connectivity index (χ4n) is 1.88. The lowest BCUT2D eigenvalue weighted by Crippen LogP contribution is -2.30. The zero-order chi connectivity index (χ0) is 14.3. The molecular formula is C18H15N2O+. The van der Waals surface area contributed by atoms with Crippen LogP contribution in [0.5, 0.6) is 5.75 Å². The summed E-state index contributed by atoms with van der Waals surface area (Å²) >= 11 is 0. The van der Waals surface area contributed by atoms with E-state index >= 15 is 0 Å². The highest BCUT2D eigenvalue weighted by molar-refractivity contribution is 5.95. The van der Waals surface area contributed by atoms with Gasteiger partial charge in [-0.1, -0.05) is 47.1 Å². The second-order valence-corrected chi connectivity index (χ2v) is 4.44. The van der Waals surface area contributed by atoms with Gasteiger partial charge in [0.2, 0.25) is 12.4 Å². The molecule has 102 valence electrons. The van der Waals surface area contributed by atoms with Crippen molar-refractivity contribution in [1.82, 2.24) is 0 Å². The van der Waals surface area contributed by atoms with Crippen LogP contribution in [0.1, 0.15) is 5.56 Å². The van der Waals surface area contributed by atoms with E-state index < -0.39 is 0 Å². The fourth-order valence-corrected chi connectivity index (χ4v) is 1.88. The Morgan fingerprint density at radius 2 is 1.29 bits per heavy atom. The first-order valence-corrected chi connectivity index (χ1v) is 6.75. The first kappa shape index (κ1) is 13.1. The number of benzene rings is 2. The van der Waals surface area contributed by atoms with E-state index in [0.29, 0.717) is 5.90 Å². The molecular weight excluding hydrogens is 260 g/mol. The number of aromatic nitrogens is 1. The minimum absolute atomic E-state index is 0.554. The van der Waals surface area contributed by atoms with Crippen molar-refractivity contribution in [1.29, 1.82) is 0 Å². The van der Waals surface area contributed by atoms with E-state index in [-0.39, 0.29) is 0 Å². The van der Waals surface area contributed by atoms with Gasteiger partial charge in [0.05, 0.1) is 0 Å². The molecule has 21 heavy (non-hydrogen) atoms. The molecule has 0 aliphatic heterocycles. The molecule has 3 heteroatoms. The predicted octanol–water partition coefficient (Wildman–Crippen LogP) is 3.26. The third-order valence-electron chi connectivity index (χ3n) is 2.88. The van der Waals surface area contributed by atoms with E-state index in [4.69, 9.17) is 4.74 Å². The summed E-state index contributed by atoms with van der Waals surface area (Å²) in [5.74, 6) is 1.31. The zero-order valence-corrected chi connectivity index (χ0v) is 11.5. The molecule has 3 aromatic rings. The second kappa shape index (κ2) is 6.48. The molecule has 3 nitrogen and oxygen atoms in total. The van der Waals surface area contributed by atoms with Crippen LogP contribution < -0.4 is 9.41 Å². The van der Waals surface area contributed by atoms with E-state index in [9.17, 15) is 0 Å². The molecule has 0 atom stereocenters. The van der Waals surface area contributed by atoms with Crippen LogP contribution in [0.15, 0.2) is 96.4 Å². The van der Waals surface area contributed by atoms with Gasteiger partial charge in [-0.15, -0.1) is 0 Å². The number of rotatable bonds is 3. The van der Waals surface area contributed by atoms with Gasteiger partial charge in [0.15, 0.2) is 0 Å². The van der Waals surface area contributed by atoms with Gasteiger partial charge in [-0.05, 0) is 24.3 Å². The summed E-state index contributed by atoms with van der Waals surface area (Å²) < 4.78 is 7.66. The van der Waals surface area contributed by atoms with Crippen molar-refractivity contribution in [3.63, 3.8) is 0 Å². The Morgan fingerprint density at radius 1 is 0.714 bits per heavy atom. The summed E-state index contributed by atoms with van der Waals surface area (Å²) in [6, 6.07) is 25.3. The van der Waals surface area contributed by atoms with Gasteiger partial charge in [-0.25, -0.2) is 0 Å². The normalized spacial score (nSPS) is 11.1. The minimum Gasteiger partial charge on any atom is -0.434 e. The molecule has 0 aliphatic rings. The van der Waals surface area contributed by atoms with Gasteiger partial charge >= 0.3 is 0 Å². The summed E-state index contributed by atoms with van der Waals surface area (Å²) in [6.45, 7) is 0. The Kier molecular flexibility index (Phi) is 4.03. The van der Waals surface area contributed by atoms with Gasteiger partial charge in [0.1, 0.15) is 5.75 Å². The van der Waals surface area contributed by atoms with Crippen LogP contribution in [0.2, 0.25) is 0 Å². The Labute approximate surface area is 123 Å². The lowest BCUT2D eigenvalue weighted by molar-refractivity contribution is -0.679. The van der Waals surface area contributed by atoms with Gasteiger partial charge < -0.3 is 4.74 Å². The highest BCUT2D eigenvalue weighted by Crippen LogP contribution is 2.12. The molecule has 1 heterocycles. The molecule has 0 fully saturated rings. The molecule has 0 N–H and O–H groups in total. The second-order valence-electron chi connectivity index (χ2n) is 4.44. The topological polar surface area (TPSA) is 25.5 Å². The fraction of sp³-hybridized carbons (Fsp3) is 0. The molecule has 0 unspecified atom stereocenters. The molecule has 0 saturated heterocycles. The van der Waals surface area contributed by atoms with Crippen LogP contribution in [0.25, 0.3) is 0 Å². The highest BCUT2D eigenvalue weighted by atomic mass is 16.5. The summed E-state index contributed by atoms with van der Waals surface area (Å²) in [7, 11) is 0. The van der Waals surface area contributed by atoms with E-state index in [2.05, 4.69) is 5.10 Å². The summed E-state index contributed by atoms with van der Waals surface area (Å²) in [5.41, 5.74) is 0.928. The van der Waals surface area contributed by atoms with Crippen molar-refractivity contribution in [2.45, 2.75) is 0 Å². The zero-order valence-electron chi connectivity index (χ0n) is 11.5. The Hall–Kier alpha value is -2.94. The van der Waals surface area contributed by atoms with Crippen molar-refractivity contribution < 1.29 is 9.41 Å². The van der Waals surface area contributed by atoms with Crippen LogP contribution in [-0.4, -0.2) is 5.90 Å². The first-order chi connectivity index (χ1) is 10.4. The van der Waals surface area contributed by atoms with E-state index in [1.807, 2.05) is 91.3 Å². The maximum Gasteiger partial charge on any atom is 0.292 e. The third kappa shape index (κ3) is 3.54. The SMILES string of the molecule is c1ccc(O/C(=N\[n+]2ccccc2)c2ccccc2)cc1. The number of hydrogen-bond donors (Lipinski definition) is 0. The van der Waals surface area contributed by atoms with Crippen LogP contribution in [0.4, 0.5) is 0 Å². The largest absolute Gasteiger partial charge is 0.434 e. The van der Waals surface area contributed by atoms with Crippen LogP contribution in [0.3, 0.4) is 0 Å². The minimum atomic E-state index is 0.554. The standard InChI is InChI=1S/C18H15N2O/c1-4-10-16(11-5-1)18(19-20-14-8-3-9-15-20)21-17-12-6-2-7-13-17/h1-15H/q+1/b19-18-. The number of ether oxygens (including phenoxy) is 1. The van der Waals surface area contributed by atoms with Crippen molar-refractivity contribution in [2.24, 2.45) is 5.10 Å². The number of para-hydroxylation sites is 1. The predicted molar refractivity (Wildman–Crippen MR) is 82.1 cm³/mol. The third-order valence-corrected chi connectivity index (χ3v) is 2.88. The van der Waals surface area contributed by atoms with Crippen molar-refractivity contribution in [2.75, 3.05) is 0 Å². The number of pyridine rings is 1. The molecule has 0 bridgehead atoms. The maximum atomic E-state index is 5.93. The summed E-state index contributed by atoms with van der Waals surface area (Å²) in [5, 5.41) is 4.54. The monoisotopic (exact) mass is 275 g/mol. The quantitative estimate of drug-likeness (QED) is 0.409. The van der Waals surface area contributed by atoms with Crippen molar-refractivity contribution in [3.05, 3.63) is 96.8 Å². The van der Waals surface area contributed by atoms with E-state index in [0.717, 1.165) is 11.3 Å². The molecule has 0 aliphatic carbocycles. The van der Waals surface area contributed by atoms with Crippen molar-refractivity contribution >= 4 is 5.90 Å². The summed E-state index contributed by atoms with van der Waals surface area (Å²) in [4.78, 5) is 0. The molecule has 0 spiro atoms. The smallest absolute Gasteiger partial charge is 0.292 e. The van der Waals surface area contributed by atoms with Crippen LogP contribution in [-0.2, 0) is 0 Å². The average molecular weight is 275 g/mol. The molecule has 1 aromatic heterocycles. The van der Waals surface area contributed by atoms with Gasteiger partial charge in [-0.3, -0.25) is 0 Å². The average Bonchev–Trinajstić information content (AvgIpc) is 2.57. The van der Waals surface area contributed by atoms with Gasteiger partial charge in [0, 0.05) is 22.8 Å². The van der Waals surface area contributed by atoms with Crippen molar-refractivity contribution in [3.8, 4) is 5.75 Å². The first-order valence-electron chi connectivity index (χ1n) is 6.75. The molecule has 2 aromatic carbocycles. The summed E-state index contributed by atoms with van der Waals surface area (Å²) in [6.07, 6.45) is 3.74. The van der Waals surface area contributed by atoms with E-state index in [1.54, 1.807) is 4.68 Å². The van der Waals surface area contributed by atoms with Crippen LogP contribution in [0, 0.1) is 0 Å². The molecule has 3 rings (SSSR count). The van der Waals surface area contributed by atoms with Crippen LogP contribution >= 0.6 is 0 Å². The Balaban J connectivity index is 1.97. The van der Waals surface area contributed by atoms with Gasteiger partial charge in [0.25, 0.3) is 5.90 Å². The number of nitrogens with zero attached hydrogens (tertiary/aromatic N) is 2. The lowest BCUT2D eigenvalue weighted by Gasteiger charge is -2.06.